The molecule has 0 spiro atoms. The first-order valence-corrected chi connectivity index (χ1v) is 13.6. The van der Waals surface area contributed by atoms with E-state index < -0.39 is 23.1 Å². The average Bonchev–Trinajstić information content (AvgIpc) is 3.49. The number of benzene rings is 2. The molecule has 2 aromatic heterocycles. The molecule has 0 fully saturated rings. The summed E-state index contributed by atoms with van der Waals surface area (Å²) in [7, 11) is 2.37. The third kappa shape index (κ3) is 5.94. The lowest BCUT2D eigenvalue weighted by molar-refractivity contribution is 0.101. The van der Waals surface area contributed by atoms with Crippen LogP contribution in [0.5, 0.6) is 0 Å². The third-order valence-corrected chi connectivity index (χ3v) is 7.43. The number of rotatable bonds is 9. The van der Waals surface area contributed by atoms with Crippen LogP contribution in [-0.2, 0) is 0 Å². The lowest BCUT2D eigenvalue weighted by atomic mass is 10.1. The molecule has 194 valence electrons. The number of carbonyl (C=O) groups excluding carboxylic acids is 2. The van der Waals surface area contributed by atoms with Crippen LogP contribution >= 0.6 is 44.8 Å². The molecule has 0 unspecified atom stereocenters. The van der Waals surface area contributed by atoms with E-state index in [1.54, 1.807) is 48.9 Å². The van der Waals surface area contributed by atoms with E-state index in [4.69, 9.17) is 32.2 Å². The maximum Gasteiger partial charge on any atom is 0.446 e. The predicted molar refractivity (Wildman–Crippen MR) is 146 cm³/mol. The van der Waals surface area contributed by atoms with Gasteiger partial charge in [0.05, 0.1) is 0 Å². The fourth-order valence-corrected chi connectivity index (χ4v) is 5.19. The number of allylic oxidation sites excluding steroid dienone is 2. The average molecular weight is 591 g/mol. The summed E-state index contributed by atoms with van der Waals surface area (Å²) >= 11 is 11.7. The van der Waals surface area contributed by atoms with Crippen molar-refractivity contribution in [1.29, 1.82) is 0 Å². The molecule has 0 aliphatic carbocycles. The molecule has 0 amide bonds. The number of aromatic nitrogens is 4. The topological polar surface area (TPSA) is 130 Å². The molecule has 38 heavy (non-hydrogen) atoms. The Morgan fingerprint density at radius 3 is 1.39 bits per heavy atom. The van der Waals surface area contributed by atoms with Crippen LogP contribution in [0.25, 0.3) is 11.4 Å². The van der Waals surface area contributed by atoms with Gasteiger partial charge < -0.3 is 0 Å². The molecular formula is C24H16Cl2N4O6S2. The number of hydrogen-bond donors (Lipinski definition) is 0. The third-order valence-electron chi connectivity index (χ3n) is 5.03. The fourth-order valence-electron chi connectivity index (χ4n) is 3.17. The molecule has 0 bridgehead atoms. The summed E-state index contributed by atoms with van der Waals surface area (Å²) in [5.74, 6) is -3.06. The highest BCUT2D eigenvalue weighted by molar-refractivity contribution is 8.79. The van der Waals surface area contributed by atoms with E-state index in [2.05, 4.69) is 10.3 Å². The van der Waals surface area contributed by atoms with Crippen LogP contribution in [0, 0.1) is 0 Å². The Labute approximate surface area is 232 Å². The second-order valence-electron chi connectivity index (χ2n) is 7.60. The van der Waals surface area contributed by atoms with E-state index >= 15 is 0 Å². The number of nitrogens with zero attached hydrogens (tertiary/aromatic N) is 4. The van der Waals surface area contributed by atoms with Gasteiger partial charge in [-0.3, -0.25) is 18.6 Å². The molecule has 10 nitrogen and oxygen atoms in total. The SMILES string of the molecule is C/C(=C/SS/C=C(/C)n1c(C(=O)c2ccc(Cl)cc2)noc1=O)n1c(C(=O)c2ccc(Cl)cc2)noc1=O. The van der Waals surface area contributed by atoms with Gasteiger partial charge in [0.15, 0.2) is 0 Å². The van der Waals surface area contributed by atoms with E-state index in [1.807, 2.05) is 0 Å². The van der Waals surface area contributed by atoms with Crippen LogP contribution in [0.3, 0.4) is 0 Å². The second-order valence-corrected chi connectivity index (χ2v) is 10.5. The van der Waals surface area contributed by atoms with Crippen LogP contribution in [0.1, 0.15) is 46.2 Å². The largest absolute Gasteiger partial charge is 0.446 e. The highest BCUT2D eigenvalue weighted by atomic mass is 35.5. The monoisotopic (exact) mass is 590 g/mol. The van der Waals surface area contributed by atoms with Crippen LogP contribution in [0.2, 0.25) is 10.0 Å². The van der Waals surface area contributed by atoms with Crippen molar-refractivity contribution in [1.82, 2.24) is 19.4 Å². The van der Waals surface area contributed by atoms with Crippen molar-refractivity contribution >= 4 is 67.8 Å². The van der Waals surface area contributed by atoms with Crippen LogP contribution in [0.15, 0.2) is 78.0 Å². The Kier molecular flexibility index (Phi) is 8.57. The van der Waals surface area contributed by atoms with Gasteiger partial charge >= 0.3 is 11.5 Å². The van der Waals surface area contributed by atoms with Crippen LogP contribution in [0.4, 0.5) is 0 Å². The van der Waals surface area contributed by atoms with E-state index in [0.717, 1.165) is 9.13 Å². The zero-order valence-corrected chi connectivity index (χ0v) is 22.7. The molecule has 0 aliphatic heterocycles. The van der Waals surface area contributed by atoms with Gasteiger partial charge in [-0.1, -0.05) is 55.1 Å². The Hall–Kier alpha value is -3.58. The Bertz CT molecular complexity index is 1560. The van der Waals surface area contributed by atoms with Crippen molar-refractivity contribution in [3.63, 3.8) is 0 Å². The maximum absolute atomic E-state index is 12.8. The van der Waals surface area contributed by atoms with Gasteiger partial charge in [0.25, 0.3) is 0 Å². The van der Waals surface area contributed by atoms with Gasteiger partial charge in [-0.2, -0.15) is 0 Å². The summed E-state index contributed by atoms with van der Waals surface area (Å²) in [6.07, 6.45) is 0. The van der Waals surface area contributed by atoms with Crippen molar-refractivity contribution in [3.8, 4) is 0 Å². The minimum absolute atomic E-state index is 0.190. The Morgan fingerprint density at radius 1 is 0.711 bits per heavy atom. The lowest BCUT2D eigenvalue weighted by Gasteiger charge is -2.05. The van der Waals surface area contributed by atoms with E-state index in [0.29, 0.717) is 21.4 Å². The predicted octanol–water partition coefficient (Wildman–Crippen LogP) is 5.47. The zero-order valence-electron chi connectivity index (χ0n) is 19.6. The first-order chi connectivity index (χ1) is 18.2. The van der Waals surface area contributed by atoms with Gasteiger partial charge in [0.2, 0.25) is 23.2 Å². The van der Waals surface area contributed by atoms with E-state index in [-0.39, 0.29) is 22.8 Å². The van der Waals surface area contributed by atoms with Crippen LogP contribution < -0.4 is 11.5 Å². The van der Waals surface area contributed by atoms with Gasteiger partial charge in [0, 0.05) is 43.4 Å². The van der Waals surface area contributed by atoms with Crippen molar-refractivity contribution in [2.24, 2.45) is 0 Å². The first-order valence-electron chi connectivity index (χ1n) is 10.6. The highest BCUT2D eigenvalue weighted by Gasteiger charge is 2.22. The molecule has 0 radical (unpaired) electrons. The van der Waals surface area contributed by atoms with Gasteiger partial charge in [0.1, 0.15) is 0 Å². The molecule has 4 rings (SSSR count). The Morgan fingerprint density at radius 2 is 1.05 bits per heavy atom. The minimum Gasteiger partial charge on any atom is -0.295 e. The number of halogens is 2. The normalized spacial score (nSPS) is 12.1. The molecule has 0 N–H and O–H groups in total. The minimum atomic E-state index is -0.824. The number of ketones is 2. The summed E-state index contributed by atoms with van der Waals surface area (Å²) in [6.45, 7) is 3.21. The van der Waals surface area contributed by atoms with Gasteiger partial charge in [-0.05, 0) is 62.4 Å². The van der Waals surface area contributed by atoms with E-state index in [1.165, 1.54) is 45.9 Å². The highest BCUT2D eigenvalue weighted by Crippen LogP contribution is 2.29. The van der Waals surface area contributed by atoms with Crippen molar-refractivity contribution < 1.29 is 18.6 Å². The fraction of sp³-hybridized carbons (Fsp3) is 0.0833. The summed E-state index contributed by atoms with van der Waals surface area (Å²) in [5.41, 5.74) is 1.32. The van der Waals surface area contributed by atoms with Crippen molar-refractivity contribution in [2.45, 2.75) is 13.8 Å². The standard InChI is InChI=1S/C24H16Cl2N4O6S2/c1-13(29-21(27-35-23(29)33)19(31)15-3-7-17(25)8-4-15)11-37-38-12-14(2)30-22(28-36-24(30)34)20(32)16-5-9-18(26)10-6-16/h3-12H,1-2H3/b13-11-,14-12-. The smallest absolute Gasteiger partial charge is 0.295 e. The van der Waals surface area contributed by atoms with Crippen molar-refractivity contribution in [3.05, 3.63) is 113 Å². The molecule has 14 heteroatoms. The molecule has 0 saturated heterocycles. The molecular weight excluding hydrogens is 575 g/mol. The van der Waals surface area contributed by atoms with Gasteiger partial charge in [-0.25, -0.2) is 18.7 Å². The quantitative estimate of drug-likeness (QED) is 0.140. The van der Waals surface area contributed by atoms with Crippen LogP contribution in [-0.4, -0.2) is 31.0 Å². The summed E-state index contributed by atoms with van der Waals surface area (Å²) in [5, 5.41) is 11.4. The molecule has 0 aliphatic rings. The van der Waals surface area contributed by atoms with Crippen molar-refractivity contribution in [2.75, 3.05) is 0 Å². The Balaban J connectivity index is 1.50. The lowest BCUT2D eigenvalue weighted by Crippen LogP contribution is -2.18. The molecule has 0 saturated carbocycles. The first kappa shape index (κ1) is 27.5. The number of hydrogen-bond acceptors (Lipinski definition) is 10. The number of carbonyl (C=O) groups is 2. The summed E-state index contributed by atoms with van der Waals surface area (Å²) < 4.78 is 11.5. The summed E-state index contributed by atoms with van der Waals surface area (Å²) in [4.78, 5) is 50.1. The second kappa shape index (κ2) is 11.9. The summed E-state index contributed by atoms with van der Waals surface area (Å²) in [6, 6.07) is 12.3. The maximum atomic E-state index is 12.8. The molecule has 4 aromatic rings. The van der Waals surface area contributed by atoms with E-state index in [9.17, 15) is 19.2 Å². The molecule has 2 aromatic carbocycles. The zero-order chi connectivity index (χ0) is 27.4. The van der Waals surface area contributed by atoms with Gasteiger partial charge in [-0.15, -0.1) is 0 Å². The molecule has 0 atom stereocenters. The molecule has 2 heterocycles.